The van der Waals surface area contributed by atoms with E-state index in [1.165, 1.54) is 22.7 Å². The van der Waals surface area contributed by atoms with Crippen LogP contribution in [0.5, 0.6) is 0 Å². The van der Waals surface area contributed by atoms with E-state index in [0.717, 1.165) is 16.7 Å². The van der Waals surface area contributed by atoms with Crippen molar-refractivity contribution in [3.8, 4) is 0 Å². The molecule has 0 unspecified atom stereocenters. The lowest BCUT2D eigenvalue weighted by atomic mass is 10.0. The second-order valence-electron chi connectivity index (χ2n) is 6.89. The van der Waals surface area contributed by atoms with Gasteiger partial charge in [-0.25, -0.2) is 4.90 Å². The van der Waals surface area contributed by atoms with E-state index in [1.54, 1.807) is 12.1 Å². The Balaban J connectivity index is 1.75. The number of amides is 2. The molecule has 1 aliphatic heterocycles. The summed E-state index contributed by atoms with van der Waals surface area (Å²) in [7, 11) is 0. The Labute approximate surface area is 189 Å². The monoisotopic (exact) mass is 453 g/mol. The molecule has 0 saturated carbocycles. The SMILES string of the molecule is Cc1ccc(C2=C(SCc3ccccc3)C(=O)N(c3ccc(Cl)c(Cl)c3)C2=O)cc1. The zero-order chi connectivity index (χ0) is 21.3. The minimum Gasteiger partial charge on any atom is -0.268 e. The normalized spacial score (nSPS) is 14.0. The third kappa shape index (κ3) is 4.04. The molecule has 4 rings (SSSR count). The van der Waals surface area contributed by atoms with E-state index in [0.29, 0.717) is 26.9 Å². The number of halogens is 2. The van der Waals surface area contributed by atoms with Crippen molar-refractivity contribution in [1.82, 2.24) is 0 Å². The van der Waals surface area contributed by atoms with Crippen molar-refractivity contribution in [1.29, 1.82) is 0 Å². The second kappa shape index (κ2) is 8.68. The zero-order valence-electron chi connectivity index (χ0n) is 16.1. The Morgan fingerprint density at radius 2 is 1.53 bits per heavy atom. The Bertz CT molecular complexity index is 1160. The van der Waals surface area contributed by atoms with E-state index < -0.39 is 0 Å². The number of hydrogen-bond acceptors (Lipinski definition) is 3. The topological polar surface area (TPSA) is 37.4 Å². The van der Waals surface area contributed by atoms with E-state index in [9.17, 15) is 9.59 Å². The summed E-state index contributed by atoms with van der Waals surface area (Å²) >= 11 is 13.5. The fraction of sp³-hybridized carbons (Fsp3) is 0.0833. The summed E-state index contributed by atoms with van der Waals surface area (Å²) in [4.78, 5) is 28.3. The zero-order valence-corrected chi connectivity index (χ0v) is 18.4. The van der Waals surface area contributed by atoms with Gasteiger partial charge >= 0.3 is 0 Å². The standard InChI is InChI=1S/C24H17Cl2NO2S/c1-15-7-9-17(10-8-15)21-22(30-14-16-5-3-2-4-6-16)24(29)27(23(21)28)18-11-12-19(25)20(26)13-18/h2-13H,14H2,1H3. The maximum absolute atomic E-state index is 13.4. The van der Waals surface area contributed by atoms with Crippen LogP contribution in [-0.2, 0) is 15.3 Å². The van der Waals surface area contributed by atoms with E-state index in [1.807, 2.05) is 61.5 Å². The molecule has 3 aromatic rings. The van der Waals surface area contributed by atoms with Gasteiger partial charge in [0.15, 0.2) is 0 Å². The van der Waals surface area contributed by atoms with Gasteiger partial charge in [-0.2, -0.15) is 0 Å². The molecule has 3 aromatic carbocycles. The van der Waals surface area contributed by atoms with Crippen molar-refractivity contribution in [2.24, 2.45) is 0 Å². The Morgan fingerprint density at radius 3 is 2.20 bits per heavy atom. The van der Waals surface area contributed by atoms with Crippen molar-refractivity contribution in [3.63, 3.8) is 0 Å². The van der Waals surface area contributed by atoms with Crippen LogP contribution < -0.4 is 4.90 Å². The molecule has 0 atom stereocenters. The third-order valence-electron chi connectivity index (χ3n) is 4.77. The van der Waals surface area contributed by atoms with E-state index in [2.05, 4.69) is 0 Å². The molecule has 0 N–H and O–H groups in total. The molecule has 0 aromatic heterocycles. The first kappa shape index (κ1) is 20.7. The molecule has 30 heavy (non-hydrogen) atoms. The van der Waals surface area contributed by atoms with Crippen LogP contribution >= 0.6 is 35.0 Å². The van der Waals surface area contributed by atoms with Gasteiger partial charge in [0.2, 0.25) is 0 Å². The summed E-state index contributed by atoms with van der Waals surface area (Å²) in [6.07, 6.45) is 0. The van der Waals surface area contributed by atoms with Gasteiger partial charge in [-0.1, -0.05) is 83.4 Å². The lowest BCUT2D eigenvalue weighted by Gasteiger charge is -2.16. The van der Waals surface area contributed by atoms with Crippen LogP contribution in [0.4, 0.5) is 5.69 Å². The number of carbonyl (C=O) groups is 2. The van der Waals surface area contributed by atoms with E-state index in [4.69, 9.17) is 23.2 Å². The largest absolute Gasteiger partial charge is 0.272 e. The highest BCUT2D eigenvalue weighted by atomic mass is 35.5. The number of imide groups is 1. The molecule has 1 heterocycles. The first-order valence-corrected chi connectivity index (χ1v) is 11.0. The van der Waals surface area contributed by atoms with Crippen LogP contribution in [0.2, 0.25) is 10.0 Å². The fourth-order valence-corrected chi connectivity index (χ4v) is 4.57. The van der Waals surface area contributed by atoms with Crippen molar-refractivity contribution < 1.29 is 9.59 Å². The summed E-state index contributed by atoms with van der Waals surface area (Å²) < 4.78 is 0. The minimum atomic E-state index is -0.363. The van der Waals surface area contributed by atoms with Gasteiger partial charge in [0.05, 0.1) is 26.2 Å². The average molecular weight is 454 g/mol. The summed E-state index contributed by atoms with van der Waals surface area (Å²) in [6, 6.07) is 22.2. The van der Waals surface area contributed by atoms with Gasteiger partial charge < -0.3 is 0 Å². The van der Waals surface area contributed by atoms with Crippen LogP contribution in [0.3, 0.4) is 0 Å². The molecule has 0 fully saturated rings. The number of benzene rings is 3. The van der Waals surface area contributed by atoms with E-state index >= 15 is 0 Å². The van der Waals surface area contributed by atoms with Crippen molar-refractivity contribution in [3.05, 3.63) is 104 Å². The van der Waals surface area contributed by atoms with Crippen molar-refractivity contribution >= 4 is 58.0 Å². The van der Waals surface area contributed by atoms with Crippen molar-refractivity contribution in [2.45, 2.75) is 12.7 Å². The van der Waals surface area contributed by atoms with Gasteiger partial charge in [0, 0.05) is 5.75 Å². The first-order chi connectivity index (χ1) is 14.5. The van der Waals surface area contributed by atoms with Crippen LogP contribution in [0.1, 0.15) is 16.7 Å². The Kier molecular flexibility index (Phi) is 6.00. The molecular weight excluding hydrogens is 437 g/mol. The van der Waals surface area contributed by atoms with Gasteiger partial charge in [-0.05, 0) is 36.2 Å². The number of thioether (sulfide) groups is 1. The van der Waals surface area contributed by atoms with Gasteiger partial charge in [0.25, 0.3) is 11.8 Å². The van der Waals surface area contributed by atoms with Crippen LogP contribution in [-0.4, -0.2) is 11.8 Å². The molecule has 3 nitrogen and oxygen atoms in total. The summed E-state index contributed by atoms with van der Waals surface area (Å²) in [5.74, 6) is -0.132. The fourth-order valence-electron chi connectivity index (χ4n) is 3.21. The molecule has 0 spiro atoms. The van der Waals surface area contributed by atoms with Crippen molar-refractivity contribution in [2.75, 3.05) is 4.90 Å². The second-order valence-corrected chi connectivity index (χ2v) is 8.69. The van der Waals surface area contributed by atoms with Crippen LogP contribution in [0, 0.1) is 6.92 Å². The lowest BCUT2D eigenvalue weighted by molar-refractivity contribution is -0.119. The van der Waals surface area contributed by atoms with Gasteiger partial charge in [0.1, 0.15) is 0 Å². The molecule has 0 radical (unpaired) electrons. The number of anilines is 1. The minimum absolute atomic E-state index is 0.289. The van der Waals surface area contributed by atoms with E-state index in [-0.39, 0.29) is 16.8 Å². The number of nitrogens with zero attached hydrogens (tertiary/aromatic N) is 1. The maximum atomic E-state index is 13.4. The molecule has 1 aliphatic rings. The predicted octanol–water partition coefficient (Wildman–Crippen LogP) is 6.52. The molecule has 6 heteroatoms. The Hall–Kier alpha value is -2.53. The lowest BCUT2D eigenvalue weighted by Crippen LogP contribution is -2.31. The van der Waals surface area contributed by atoms with Crippen LogP contribution in [0.25, 0.3) is 5.57 Å². The molecule has 0 saturated heterocycles. The Morgan fingerprint density at radius 1 is 0.833 bits per heavy atom. The van der Waals surface area contributed by atoms with Gasteiger partial charge in [-0.3, -0.25) is 9.59 Å². The summed E-state index contributed by atoms with van der Waals surface area (Å²) in [5.41, 5.74) is 3.69. The van der Waals surface area contributed by atoms with Crippen LogP contribution in [0.15, 0.2) is 77.7 Å². The molecule has 150 valence electrons. The highest BCUT2D eigenvalue weighted by Crippen LogP contribution is 2.40. The molecule has 2 amide bonds. The average Bonchev–Trinajstić information content (AvgIpc) is 2.99. The number of hydrogen-bond donors (Lipinski definition) is 0. The quantitative estimate of drug-likeness (QED) is 0.412. The van der Waals surface area contributed by atoms with Gasteiger partial charge in [-0.15, -0.1) is 11.8 Å². The number of aryl methyl sites for hydroxylation is 1. The highest BCUT2D eigenvalue weighted by Gasteiger charge is 2.40. The highest BCUT2D eigenvalue weighted by molar-refractivity contribution is 8.03. The number of carbonyl (C=O) groups excluding carboxylic acids is 2. The maximum Gasteiger partial charge on any atom is 0.272 e. The summed E-state index contributed by atoms with van der Waals surface area (Å²) in [6.45, 7) is 1.98. The predicted molar refractivity (Wildman–Crippen MR) is 125 cm³/mol. The third-order valence-corrected chi connectivity index (χ3v) is 6.65. The smallest absolute Gasteiger partial charge is 0.268 e. The molecule has 0 bridgehead atoms. The summed E-state index contributed by atoms with van der Waals surface area (Å²) in [5, 5.41) is 0.655. The molecule has 0 aliphatic carbocycles. The first-order valence-electron chi connectivity index (χ1n) is 9.27. The number of rotatable bonds is 5. The molecular formula is C24H17Cl2NO2S.